The number of fused-ring (bicyclic) bond motifs is 1. The SMILES string of the molecule is CN1[C@@H]2C(=O)N([C@H](CO)c3ccccc3)C(=O)[C@@H]21. The third kappa shape index (κ3) is 1.41. The summed E-state index contributed by atoms with van der Waals surface area (Å²) in [6.07, 6.45) is 0. The van der Waals surface area contributed by atoms with Gasteiger partial charge in [0.1, 0.15) is 12.1 Å². The van der Waals surface area contributed by atoms with Gasteiger partial charge in [-0.1, -0.05) is 30.3 Å². The van der Waals surface area contributed by atoms with Crippen LogP contribution in [0.2, 0.25) is 0 Å². The number of hydrogen-bond acceptors (Lipinski definition) is 4. The maximum Gasteiger partial charge on any atom is 0.249 e. The van der Waals surface area contributed by atoms with E-state index >= 15 is 0 Å². The fraction of sp³-hybridized carbons (Fsp3) is 0.385. The maximum absolute atomic E-state index is 12.1. The summed E-state index contributed by atoms with van der Waals surface area (Å²) in [5.41, 5.74) is 0.783. The average molecular weight is 246 g/mol. The van der Waals surface area contributed by atoms with Gasteiger partial charge in [-0.3, -0.25) is 19.4 Å². The summed E-state index contributed by atoms with van der Waals surface area (Å²) in [5, 5.41) is 9.48. The van der Waals surface area contributed by atoms with E-state index < -0.39 is 6.04 Å². The molecule has 18 heavy (non-hydrogen) atoms. The highest BCUT2D eigenvalue weighted by atomic mass is 16.3. The predicted molar refractivity (Wildman–Crippen MR) is 63.5 cm³/mol. The van der Waals surface area contributed by atoms with Crippen molar-refractivity contribution in [1.29, 1.82) is 0 Å². The Kier molecular flexibility index (Phi) is 2.46. The van der Waals surface area contributed by atoms with Crippen molar-refractivity contribution in [1.82, 2.24) is 9.80 Å². The zero-order chi connectivity index (χ0) is 12.9. The lowest BCUT2D eigenvalue weighted by molar-refractivity contribution is -0.146. The standard InChI is InChI=1S/C13H14N2O3/c1-14-10-11(14)13(18)15(12(10)17)9(7-16)8-5-3-2-4-6-8/h2-6,9-11,16H,7H2,1H3/t9-,10-,11+,14?/m1/s1. The number of imide groups is 1. The van der Waals surface area contributed by atoms with Gasteiger partial charge in [0.25, 0.3) is 0 Å². The van der Waals surface area contributed by atoms with Gasteiger partial charge in [0.15, 0.2) is 0 Å². The number of carbonyl (C=O) groups is 2. The number of benzene rings is 1. The monoisotopic (exact) mass is 246 g/mol. The van der Waals surface area contributed by atoms with Crippen molar-refractivity contribution in [3.63, 3.8) is 0 Å². The van der Waals surface area contributed by atoms with Crippen molar-refractivity contribution in [3.8, 4) is 0 Å². The third-order valence-corrected chi connectivity index (χ3v) is 3.74. The lowest BCUT2D eigenvalue weighted by atomic mass is 10.1. The Bertz CT molecular complexity index is 480. The van der Waals surface area contributed by atoms with Gasteiger partial charge in [-0.25, -0.2) is 0 Å². The Labute approximate surface area is 105 Å². The van der Waals surface area contributed by atoms with Gasteiger partial charge >= 0.3 is 0 Å². The van der Waals surface area contributed by atoms with Gasteiger partial charge in [-0.2, -0.15) is 0 Å². The molecule has 4 atom stereocenters. The van der Waals surface area contributed by atoms with Crippen LogP contribution in [0.1, 0.15) is 11.6 Å². The van der Waals surface area contributed by atoms with Crippen LogP contribution in [0.5, 0.6) is 0 Å². The first-order valence-corrected chi connectivity index (χ1v) is 5.91. The Balaban J connectivity index is 1.90. The minimum Gasteiger partial charge on any atom is -0.394 e. The molecule has 2 saturated heterocycles. The number of amides is 2. The smallest absolute Gasteiger partial charge is 0.249 e. The molecule has 2 fully saturated rings. The summed E-state index contributed by atoms with van der Waals surface area (Å²) in [4.78, 5) is 27.2. The molecule has 5 nitrogen and oxygen atoms in total. The predicted octanol–water partition coefficient (Wildman–Crippen LogP) is -0.229. The third-order valence-electron chi connectivity index (χ3n) is 3.74. The molecule has 0 bridgehead atoms. The lowest BCUT2D eigenvalue weighted by Crippen LogP contribution is -2.42. The van der Waals surface area contributed by atoms with E-state index in [-0.39, 0.29) is 30.5 Å². The molecule has 0 saturated carbocycles. The molecule has 3 rings (SSSR count). The van der Waals surface area contributed by atoms with Gasteiger partial charge in [-0.05, 0) is 12.6 Å². The van der Waals surface area contributed by atoms with Gasteiger partial charge < -0.3 is 5.11 Å². The molecular weight excluding hydrogens is 232 g/mol. The van der Waals surface area contributed by atoms with Crippen LogP contribution in [-0.4, -0.2) is 52.5 Å². The normalized spacial score (nSPS) is 31.4. The van der Waals surface area contributed by atoms with Gasteiger partial charge in [0, 0.05) is 0 Å². The summed E-state index contributed by atoms with van der Waals surface area (Å²) in [7, 11) is 1.76. The Morgan fingerprint density at radius 2 is 1.72 bits per heavy atom. The molecule has 94 valence electrons. The average Bonchev–Trinajstić information content (AvgIpc) is 2.98. The van der Waals surface area contributed by atoms with Crippen LogP contribution >= 0.6 is 0 Å². The van der Waals surface area contributed by atoms with Crippen molar-refractivity contribution < 1.29 is 14.7 Å². The van der Waals surface area contributed by atoms with E-state index in [1.54, 1.807) is 11.9 Å². The number of nitrogens with zero attached hydrogens (tertiary/aromatic N) is 2. The number of hydrogen-bond donors (Lipinski definition) is 1. The molecule has 2 heterocycles. The summed E-state index contributed by atoms with van der Waals surface area (Å²) in [5.74, 6) is -0.397. The van der Waals surface area contributed by atoms with E-state index in [2.05, 4.69) is 0 Å². The number of likely N-dealkylation sites (N-methyl/N-ethyl adjacent to an activating group) is 1. The zero-order valence-corrected chi connectivity index (χ0v) is 9.98. The summed E-state index contributed by atoms with van der Waals surface area (Å²) >= 11 is 0. The summed E-state index contributed by atoms with van der Waals surface area (Å²) in [6, 6.07) is 7.96. The summed E-state index contributed by atoms with van der Waals surface area (Å²) < 4.78 is 0. The zero-order valence-electron chi connectivity index (χ0n) is 9.98. The molecule has 1 aromatic carbocycles. The van der Waals surface area contributed by atoms with E-state index in [0.29, 0.717) is 0 Å². The summed E-state index contributed by atoms with van der Waals surface area (Å²) in [6.45, 7) is -0.245. The highest BCUT2D eigenvalue weighted by Crippen LogP contribution is 2.39. The van der Waals surface area contributed by atoms with Gasteiger partial charge in [0.05, 0.1) is 12.6 Å². The molecule has 0 aliphatic carbocycles. The first kappa shape index (κ1) is 11.4. The quantitative estimate of drug-likeness (QED) is 0.591. The first-order chi connectivity index (χ1) is 8.66. The minimum atomic E-state index is -0.563. The van der Waals surface area contributed by atoms with Crippen LogP contribution in [0, 0.1) is 0 Å². The topological polar surface area (TPSA) is 60.6 Å². The van der Waals surface area contributed by atoms with E-state index in [1.807, 2.05) is 30.3 Å². The number of rotatable bonds is 3. The molecule has 2 aliphatic rings. The Morgan fingerprint density at radius 1 is 1.17 bits per heavy atom. The minimum absolute atomic E-state index is 0.199. The second-order valence-corrected chi connectivity index (χ2v) is 4.71. The van der Waals surface area contributed by atoms with Crippen LogP contribution in [0.4, 0.5) is 0 Å². The number of aliphatic hydroxyl groups is 1. The molecule has 1 N–H and O–H groups in total. The fourth-order valence-corrected chi connectivity index (χ4v) is 2.67. The van der Waals surface area contributed by atoms with Crippen molar-refractivity contribution >= 4 is 11.8 Å². The number of carbonyl (C=O) groups excluding carboxylic acids is 2. The molecule has 0 radical (unpaired) electrons. The van der Waals surface area contributed by atoms with Crippen molar-refractivity contribution in [2.45, 2.75) is 18.1 Å². The molecule has 0 aromatic heterocycles. The van der Waals surface area contributed by atoms with E-state index in [4.69, 9.17) is 0 Å². The van der Waals surface area contributed by atoms with E-state index in [0.717, 1.165) is 5.56 Å². The van der Waals surface area contributed by atoms with Crippen molar-refractivity contribution in [2.75, 3.05) is 13.7 Å². The number of likely N-dealkylation sites (tertiary alicyclic amines) is 1. The molecule has 1 aromatic rings. The van der Waals surface area contributed by atoms with Crippen LogP contribution in [-0.2, 0) is 9.59 Å². The molecule has 1 unspecified atom stereocenters. The molecule has 5 heteroatoms. The van der Waals surface area contributed by atoms with Crippen LogP contribution < -0.4 is 0 Å². The van der Waals surface area contributed by atoms with Crippen molar-refractivity contribution in [2.24, 2.45) is 0 Å². The van der Waals surface area contributed by atoms with E-state index in [9.17, 15) is 14.7 Å². The molecule has 0 spiro atoms. The van der Waals surface area contributed by atoms with Crippen LogP contribution in [0.25, 0.3) is 0 Å². The number of piperazine rings is 1. The van der Waals surface area contributed by atoms with Crippen LogP contribution in [0.3, 0.4) is 0 Å². The largest absolute Gasteiger partial charge is 0.394 e. The maximum atomic E-state index is 12.1. The lowest BCUT2D eigenvalue weighted by Gasteiger charge is -2.27. The van der Waals surface area contributed by atoms with Crippen LogP contribution in [0.15, 0.2) is 30.3 Å². The van der Waals surface area contributed by atoms with Crippen molar-refractivity contribution in [3.05, 3.63) is 35.9 Å². The Morgan fingerprint density at radius 3 is 2.22 bits per heavy atom. The van der Waals surface area contributed by atoms with E-state index in [1.165, 1.54) is 4.90 Å². The molecule has 2 amide bonds. The first-order valence-electron chi connectivity index (χ1n) is 5.91. The highest BCUT2D eigenvalue weighted by molar-refractivity contribution is 6.13. The molecule has 2 aliphatic heterocycles. The van der Waals surface area contributed by atoms with Gasteiger partial charge in [0.2, 0.25) is 11.8 Å². The van der Waals surface area contributed by atoms with Gasteiger partial charge in [-0.15, -0.1) is 0 Å². The fourth-order valence-electron chi connectivity index (χ4n) is 2.67. The molecular formula is C13H14N2O3. The number of aliphatic hydroxyl groups excluding tert-OH is 1. The second kappa shape index (κ2) is 3.90. The second-order valence-electron chi connectivity index (χ2n) is 4.71. The Hall–Kier alpha value is -1.72. The highest BCUT2D eigenvalue weighted by Gasteiger charge is 2.65.